The summed E-state index contributed by atoms with van der Waals surface area (Å²) in [6.45, 7) is 4.13. The summed E-state index contributed by atoms with van der Waals surface area (Å²) in [6, 6.07) is 2.16. The highest BCUT2D eigenvalue weighted by Gasteiger charge is 2.30. The van der Waals surface area contributed by atoms with Crippen molar-refractivity contribution in [2.45, 2.75) is 25.9 Å². The number of likely N-dealkylation sites (tertiary alicyclic amines) is 1. The fourth-order valence-electron chi connectivity index (χ4n) is 2.70. The molecule has 3 heterocycles. The lowest BCUT2D eigenvalue weighted by molar-refractivity contribution is 0.0783. The van der Waals surface area contributed by atoms with Crippen LogP contribution in [0.5, 0.6) is 0 Å². The van der Waals surface area contributed by atoms with Crippen LogP contribution in [0.25, 0.3) is 0 Å². The van der Waals surface area contributed by atoms with Crippen molar-refractivity contribution in [3.05, 3.63) is 40.4 Å². The molecule has 1 aliphatic rings. The molecule has 0 radical (unpaired) electrons. The van der Waals surface area contributed by atoms with E-state index in [9.17, 15) is 4.79 Å². The topological polar surface area (TPSA) is 62.2 Å². The minimum absolute atomic E-state index is 0.104. The van der Waals surface area contributed by atoms with Crippen molar-refractivity contribution >= 4 is 17.2 Å². The molecule has 2 aromatic rings. The Morgan fingerprint density at radius 3 is 2.86 bits per heavy atom. The Balaban J connectivity index is 1.60. The van der Waals surface area contributed by atoms with Gasteiger partial charge >= 0.3 is 0 Å². The predicted octanol–water partition coefficient (Wildman–Crippen LogP) is 1.59. The van der Waals surface area contributed by atoms with Crippen LogP contribution in [-0.4, -0.2) is 56.8 Å². The highest BCUT2D eigenvalue weighted by Crippen LogP contribution is 2.21. The Kier molecular flexibility index (Phi) is 4.44. The van der Waals surface area contributed by atoms with Crippen molar-refractivity contribution in [1.82, 2.24) is 24.8 Å². The molecule has 0 bridgehead atoms. The van der Waals surface area contributed by atoms with Gasteiger partial charge in [0, 0.05) is 31.5 Å². The smallest absolute Gasteiger partial charge is 0.265 e. The van der Waals surface area contributed by atoms with Crippen LogP contribution in [0.2, 0.25) is 0 Å². The summed E-state index contributed by atoms with van der Waals surface area (Å²) in [5, 5.41) is 0. The Morgan fingerprint density at radius 1 is 1.41 bits per heavy atom. The molecule has 1 saturated heterocycles. The number of thiazole rings is 1. The first-order chi connectivity index (χ1) is 10.6. The van der Waals surface area contributed by atoms with E-state index < -0.39 is 0 Å². The van der Waals surface area contributed by atoms with E-state index in [-0.39, 0.29) is 5.91 Å². The number of carbonyl (C=O) groups is 1. The maximum absolute atomic E-state index is 12.5. The van der Waals surface area contributed by atoms with E-state index in [1.54, 1.807) is 17.9 Å². The molecule has 6 nitrogen and oxygen atoms in total. The quantitative estimate of drug-likeness (QED) is 0.857. The van der Waals surface area contributed by atoms with Gasteiger partial charge in [-0.3, -0.25) is 9.69 Å². The van der Waals surface area contributed by atoms with Gasteiger partial charge in [0.2, 0.25) is 0 Å². The van der Waals surface area contributed by atoms with E-state index in [1.165, 1.54) is 11.3 Å². The average molecular weight is 317 g/mol. The van der Waals surface area contributed by atoms with Crippen LogP contribution in [0.3, 0.4) is 0 Å². The van der Waals surface area contributed by atoms with Gasteiger partial charge in [0.15, 0.2) is 0 Å². The third kappa shape index (κ3) is 3.15. The van der Waals surface area contributed by atoms with Crippen LogP contribution in [0, 0.1) is 6.92 Å². The molecule has 1 fully saturated rings. The van der Waals surface area contributed by atoms with Gasteiger partial charge in [-0.15, -0.1) is 11.3 Å². The number of amides is 1. The SMILES string of the molecule is Cc1ncsc1C(=O)N1CC[C@@H](N(C)Cc2ncccn2)C1. The summed E-state index contributed by atoms with van der Waals surface area (Å²) in [6.07, 6.45) is 4.49. The molecule has 22 heavy (non-hydrogen) atoms. The number of aromatic nitrogens is 3. The lowest BCUT2D eigenvalue weighted by atomic mass is 10.2. The van der Waals surface area contributed by atoms with E-state index in [2.05, 4.69) is 26.9 Å². The number of likely N-dealkylation sites (N-methyl/N-ethyl adjacent to an activating group) is 1. The first-order valence-corrected chi connectivity index (χ1v) is 8.18. The maximum Gasteiger partial charge on any atom is 0.265 e. The minimum Gasteiger partial charge on any atom is -0.336 e. The molecule has 7 heteroatoms. The highest BCUT2D eigenvalue weighted by atomic mass is 32.1. The van der Waals surface area contributed by atoms with E-state index in [1.807, 2.05) is 17.9 Å². The molecule has 2 aromatic heterocycles. The molecule has 0 saturated carbocycles. The monoisotopic (exact) mass is 317 g/mol. The number of nitrogens with zero attached hydrogens (tertiary/aromatic N) is 5. The molecule has 3 rings (SSSR count). The predicted molar refractivity (Wildman–Crippen MR) is 84.7 cm³/mol. The van der Waals surface area contributed by atoms with Crippen molar-refractivity contribution < 1.29 is 4.79 Å². The zero-order valence-corrected chi connectivity index (χ0v) is 13.6. The largest absolute Gasteiger partial charge is 0.336 e. The molecular weight excluding hydrogens is 298 g/mol. The Labute approximate surface area is 133 Å². The Morgan fingerprint density at radius 2 is 2.18 bits per heavy atom. The average Bonchev–Trinajstić information content (AvgIpc) is 3.16. The van der Waals surface area contributed by atoms with Gasteiger partial charge in [-0.1, -0.05) is 0 Å². The molecule has 0 spiro atoms. The lowest BCUT2D eigenvalue weighted by Gasteiger charge is -2.23. The van der Waals surface area contributed by atoms with Crippen molar-refractivity contribution in [2.24, 2.45) is 0 Å². The number of carbonyl (C=O) groups excluding carboxylic acids is 1. The van der Waals surface area contributed by atoms with Crippen LogP contribution in [0.15, 0.2) is 24.0 Å². The van der Waals surface area contributed by atoms with E-state index >= 15 is 0 Å². The number of hydrogen-bond acceptors (Lipinski definition) is 6. The van der Waals surface area contributed by atoms with Crippen LogP contribution >= 0.6 is 11.3 Å². The Hall–Kier alpha value is -1.86. The molecular formula is C15H19N5OS. The van der Waals surface area contributed by atoms with Crippen LogP contribution < -0.4 is 0 Å². The standard InChI is InChI=1S/C15H19N5OS/c1-11-14(22-10-18-11)15(21)20-7-4-12(8-20)19(2)9-13-16-5-3-6-17-13/h3,5-6,10,12H,4,7-9H2,1-2H3/t12-/m1/s1. The number of hydrogen-bond donors (Lipinski definition) is 0. The normalized spacial score (nSPS) is 18.1. The minimum atomic E-state index is 0.104. The van der Waals surface area contributed by atoms with Crippen LogP contribution in [-0.2, 0) is 6.54 Å². The summed E-state index contributed by atoms with van der Waals surface area (Å²) >= 11 is 1.42. The second-order valence-electron chi connectivity index (χ2n) is 5.54. The fourth-order valence-corrected chi connectivity index (χ4v) is 3.47. The first-order valence-electron chi connectivity index (χ1n) is 7.30. The zero-order chi connectivity index (χ0) is 15.5. The molecule has 0 aliphatic carbocycles. The molecule has 0 aromatic carbocycles. The van der Waals surface area contributed by atoms with Crippen LogP contribution in [0.4, 0.5) is 0 Å². The van der Waals surface area contributed by atoms with Crippen LogP contribution in [0.1, 0.15) is 27.6 Å². The van der Waals surface area contributed by atoms with E-state index in [0.717, 1.165) is 35.9 Å². The fraction of sp³-hybridized carbons (Fsp3) is 0.467. The second-order valence-corrected chi connectivity index (χ2v) is 6.40. The molecule has 116 valence electrons. The lowest BCUT2D eigenvalue weighted by Crippen LogP contribution is -2.36. The number of rotatable bonds is 4. The first kappa shape index (κ1) is 15.1. The molecule has 1 aliphatic heterocycles. The van der Waals surface area contributed by atoms with Gasteiger partial charge < -0.3 is 4.90 Å². The van der Waals surface area contributed by atoms with Crippen molar-refractivity contribution in [2.75, 3.05) is 20.1 Å². The van der Waals surface area contributed by atoms with Gasteiger partial charge in [-0.2, -0.15) is 0 Å². The van der Waals surface area contributed by atoms with E-state index in [0.29, 0.717) is 12.6 Å². The van der Waals surface area contributed by atoms with Crippen molar-refractivity contribution in [3.8, 4) is 0 Å². The van der Waals surface area contributed by atoms with E-state index in [4.69, 9.17) is 0 Å². The van der Waals surface area contributed by atoms with Gasteiger partial charge in [0.1, 0.15) is 10.7 Å². The second kappa shape index (κ2) is 6.50. The molecule has 1 amide bonds. The maximum atomic E-state index is 12.5. The molecule has 1 atom stereocenters. The summed E-state index contributed by atoms with van der Waals surface area (Å²) < 4.78 is 0. The van der Waals surface area contributed by atoms with Gasteiger partial charge in [-0.05, 0) is 26.5 Å². The third-order valence-corrected chi connectivity index (χ3v) is 4.94. The number of aryl methyl sites for hydroxylation is 1. The van der Waals surface area contributed by atoms with Crippen molar-refractivity contribution in [3.63, 3.8) is 0 Å². The Bertz CT molecular complexity index is 644. The molecule has 0 N–H and O–H groups in total. The third-order valence-electron chi connectivity index (χ3n) is 4.02. The zero-order valence-electron chi connectivity index (χ0n) is 12.8. The van der Waals surface area contributed by atoms with Gasteiger partial charge in [0.25, 0.3) is 5.91 Å². The molecule has 0 unspecified atom stereocenters. The summed E-state index contributed by atoms with van der Waals surface area (Å²) in [4.78, 5) is 30.1. The summed E-state index contributed by atoms with van der Waals surface area (Å²) in [7, 11) is 2.06. The summed E-state index contributed by atoms with van der Waals surface area (Å²) in [5.41, 5.74) is 2.55. The van der Waals surface area contributed by atoms with Gasteiger partial charge in [0.05, 0.1) is 17.7 Å². The highest BCUT2D eigenvalue weighted by molar-refractivity contribution is 7.11. The summed E-state index contributed by atoms with van der Waals surface area (Å²) in [5.74, 6) is 0.917. The van der Waals surface area contributed by atoms with Crippen molar-refractivity contribution in [1.29, 1.82) is 0 Å². The van der Waals surface area contributed by atoms with Gasteiger partial charge in [-0.25, -0.2) is 15.0 Å².